The van der Waals surface area contributed by atoms with Gasteiger partial charge in [0.2, 0.25) is 12.2 Å². The van der Waals surface area contributed by atoms with Crippen LogP contribution in [0.3, 0.4) is 0 Å². The Morgan fingerprint density at radius 1 is 1.25 bits per heavy atom. The van der Waals surface area contributed by atoms with E-state index in [4.69, 9.17) is 15.7 Å². The van der Waals surface area contributed by atoms with Crippen molar-refractivity contribution in [3.8, 4) is 18.0 Å². The van der Waals surface area contributed by atoms with Gasteiger partial charge in [0.25, 0.3) is 0 Å². The minimum absolute atomic E-state index is 0.177. The fourth-order valence-corrected chi connectivity index (χ4v) is 3.26. The Balaban J connectivity index is 2.26. The van der Waals surface area contributed by atoms with Crippen LogP contribution in [0, 0.1) is 28.6 Å². The quantitative estimate of drug-likeness (QED) is 0.470. The summed E-state index contributed by atoms with van der Waals surface area (Å²) in [5.41, 5.74) is 6.35. The van der Waals surface area contributed by atoms with Crippen molar-refractivity contribution in [1.82, 2.24) is 0 Å². The molecule has 1 aliphatic heterocycles. The van der Waals surface area contributed by atoms with Gasteiger partial charge < -0.3 is 20.5 Å². The summed E-state index contributed by atoms with van der Waals surface area (Å²) in [5.74, 6) is -0.153. The summed E-state index contributed by atoms with van der Waals surface area (Å²) in [6.45, 7) is 3.43. The molecular formula is C20H18FN5O2. The number of ether oxygens (including phenoxy) is 1. The Bertz CT molecular complexity index is 1000. The zero-order valence-corrected chi connectivity index (χ0v) is 15.3. The Morgan fingerprint density at radius 2 is 1.93 bits per heavy atom. The standard InChI is InChI=1S/C20H18FN5O2/c1-20(2)18(27)17(15-9-12(10-22)3-8-16(15)28-20)26(19(24)25-11-23)14-6-4-13(21)5-7-14/h3-9,17-18,27H,1-2H3,(H2,24,25)/t17-,18+/m0/s1. The van der Waals surface area contributed by atoms with E-state index in [1.54, 1.807) is 38.2 Å². The lowest BCUT2D eigenvalue weighted by molar-refractivity contribution is -0.0565. The fraction of sp³-hybridized carbons (Fsp3) is 0.250. The number of anilines is 1. The van der Waals surface area contributed by atoms with Gasteiger partial charge in [0.1, 0.15) is 23.3 Å². The number of aliphatic hydroxyl groups excluding tert-OH is 1. The molecule has 0 radical (unpaired) electrons. The second-order valence-corrected chi connectivity index (χ2v) is 6.88. The van der Waals surface area contributed by atoms with Crippen LogP contribution in [0.2, 0.25) is 0 Å². The zero-order chi connectivity index (χ0) is 20.5. The summed E-state index contributed by atoms with van der Waals surface area (Å²) < 4.78 is 19.4. The number of nitriles is 2. The summed E-state index contributed by atoms with van der Waals surface area (Å²) in [4.78, 5) is 5.05. The van der Waals surface area contributed by atoms with Crippen molar-refractivity contribution in [2.24, 2.45) is 10.7 Å². The summed E-state index contributed by atoms with van der Waals surface area (Å²) in [6, 6.07) is 11.5. The average molecular weight is 379 g/mol. The highest BCUT2D eigenvalue weighted by molar-refractivity contribution is 5.96. The molecule has 2 atom stereocenters. The van der Waals surface area contributed by atoms with E-state index in [0.29, 0.717) is 22.6 Å². The van der Waals surface area contributed by atoms with Gasteiger partial charge in [0, 0.05) is 11.3 Å². The normalized spacial score (nSPS) is 20.3. The van der Waals surface area contributed by atoms with Gasteiger partial charge in [-0.2, -0.15) is 10.5 Å². The van der Waals surface area contributed by atoms with Crippen LogP contribution in [0.15, 0.2) is 47.5 Å². The lowest BCUT2D eigenvalue weighted by atomic mass is 9.84. The molecule has 0 saturated heterocycles. The number of aliphatic hydroxyl groups is 1. The first-order valence-electron chi connectivity index (χ1n) is 8.46. The van der Waals surface area contributed by atoms with E-state index in [1.807, 2.05) is 0 Å². The molecule has 2 aromatic carbocycles. The van der Waals surface area contributed by atoms with Crippen LogP contribution in [-0.4, -0.2) is 22.8 Å². The van der Waals surface area contributed by atoms with Crippen molar-refractivity contribution in [3.63, 3.8) is 0 Å². The van der Waals surface area contributed by atoms with Gasteiger partial charge in [-0.3, -0.25) is 0 Å². The highest BCUT2D eigenvalue weighted by atomic mass is 19.1. The predicted octanol–water partition coefficient (Wildman–Crippen LogP) is 2.57. The van der Waals surface area contributed by atoms with Gasteiger partial charge in [0.15, 0.2) is 0 Å². The molecule has 8 heteroatoms. The Kier molecular flexibility index (Phi) is 4.91. The number of aliphatic imine (C=N–C) groups is 1. The van der Waals surface area contributed by atoms with E-state index < -0.39 is 23.6 Å². The maximum Gasteiger partial charge on any atom is 0.212 e. The summed E-state index contributed by atoms with van der Waals surface area (Å²) in [6.07, 6.45) is 0.527. The Hall–Kier alpha value is -3.62. The molecule has 0 unspecified atom stereocenters. The van der Waals surface area contributed by atoms with Crippen LogP contribution in [0.1, 0.15) is 31.0 Å². The first kappa shape index (κ1) is 19.2. The van der Waals surface area contributed by atoms with Gasteiger partial charge in [-0.05, 0) is 56.3 Å². The first-order valence-corrected chi connectivity index (χ1v) is 8.46. The number of benzene rings is 2. The number of nitrogens with zero attached hydrogens (tertiary/aromatic N) is 4. The molecule has 7 nitrogen and oxygen atoms in total. The molecule has 1 heterocycles. The van der Waals surface area contributed by atoms with Crippen LogP contribution >= 0.6 is 0 Å². The summed E-state index contributed by atoms with van der Waals surface area (Å²) in [7, 11) is 0. The summed E-state index contributed by atoms with van der Waals surface area (Å²) >= 11 is 0. The van der Waals surface area contributed by atoms with Gasteiger partial charge >= 0.3 is 0 Å². The first-order chi connectivity index (χ1) is 13.3. The number of halogens is 1. The van der Waals surface area contributed by atoms with Crippen LogP contribution < -0.4 is 15.4 Å². The van der Waals surface area contributed by atoms with E-state index >= 15 is 0 Å². The minimum Gasteiger partial charge on any atom is -0.485 e. The van der Waals surface area contributed by atoms with Crippen molar-refractivity contribution in [2.75, 3.05) is 4.90 Å². The molecule has 1 aliphatic rings. The van der Waals surface area contributed by atoms with Gasteiger partial charge in [-0.25, -0.2) is 4.39 Å². The van der Waals surface area contributed by atoms with Crippen LogP contribution in [0.25, 0.3) is 0 Å². The molecular weight excluding hydrogens is 361 g/mol. The number of nitrogens with two attached hydrogens (primary N) is 1. The second-order valence-electron chi connectivity index (χ2n) is 6.88. The van der Waals surface area contributed by atoms with E-state index in [1.165, 1.54) is 29.2 Å². The predicted molar refractivity (Wildman–Crippen MR) is 101 cm³/mol. The fourth-order valence-electron chi connectivity index (χ4n) is 3.26. The largest absolute Gasteiger partial charge is 0.485 e. The molecule has 3 N–H and O–H groups in total. The van der Waals surface area contributed by atoms with Crippen LogP contribution in [-0.2, 0) is 0 Å². The van der Waals surface area contributed by atoms with E-state index in [2.05, 4.69) is 11.1 Å². The van der Waals surface area contributed by atoms with Crippen molar-refractivity contribution >= 4 is 11.6 Å². The highest BCUT2D eigenvalue weighted by Gasteiger charge is 2.46. The third kappa shape index (κ3) is 3.34. The maximum atomic E-state index is 13.4. The number of guanidine groups is 1. The molecule has 0 fully saturated rings. The molecule has 28 heavy (non-hydrogen) atoms. The molecule has 0 aliphatic carbocycles. The zero-order valence-electron chi connectivity index (χ0n) is 15.3. The lowest BCUT2D eigenvalue weighted by Gasteiger charge is -2.46. The van der Waals surface area contributed by atoms with Crippen LogP contribution in [0.5, 0.6) is 5.75 Å². The average Bonchev–Trinajstić information content (AvgIpc) is 2.66. The topological polar surface area (TPSA) is 119 Å². The second kappa shape index (κ2) is 7.18. The van der Waals surface area contributed by atoms with Gasteiger partial charge in [0.05, 0.1) is 17.7 Å². The number of rotatable bonds is 2. The molecule has 0 bridgehead atoms. The third-order valence-corrected chi connectivity index (χ3v) is 4.64. The highest BCUT2D eigenvalue weighted by Crippen LogP contribution is 2.44. The SMILES string of the molecule is CC1(C)Oc2ccc(C#N)cc2[C@H](N(C(N)=NC#N)c2ccc(F)cc2)[C@H]1O. The van der Waals surface area contributed by atoms with Crippen molar-refractivity contribution in [2.45, 2.75) is 31.6 Å². The molecule has 0 spiro atoms. The lowest BCUT2D eigenvalue weighted by Crippen LogP contribution is -2.56. The van der Waals surface area contributed by atoms with Gasteiger partial charge in [-0.1, -0.05) is 0 Å². The van der Waals surface area contributed by atoms with Crippen molar-refractivity contribution in [1.29, 1.82) is 10.5 Å². The molecule has 0 amide bonds. The number of hydrogen-bond donors (Lipinski definition) is 2. The Morgan fingerprint density at radius 3 is 2.54 bits per heavy atom. The van der Waals surface area contributed by atoms with Gasteiger partial charge in [-0.15, -0.1) is 4.99 Å². The minimum atomic E-state index is -1.11. The monoisotopic (exact) mass is 379 g/mol. The molecule has 0 aromatic heterocycles. The maximum absolute atomic E-state index is 13.4. The molecule has 142 valence electrons. The molecule has 2 aromatic rings. The Labute approximate surface area is 161 Å². The summed E-state index contributed by atoms with van der Waals surface area (Å²) in [5, 5.41) is 29.4. The van der Waals surface area contributed by atoms with Crippen molar-refractivity contribution < 1.29 is 14.2 Å². The third-order valence-electron chi connectivity index (χ3n) is 4.64. The molecule has 0 saturated carbocycles. The van der Waals surface area contributed by atoms with Crippen LogP contribution in [0.4, 0.5) is 10.1 Å². The smallest absolute Gasteiger partial charge is 0.212 e. The number of hydrogen-bond acceptors (Lipinski definition) is 5. The van der Waals surface area contributed by atoms with Crippen molar-refractivity contribution in [3.05, 3.63) is 59.4 Å². The van der Waals surface area contributed by atoms with E-state index in [9.17, 15) is 14.8 Å². The van der Waals surface area contributed by atoms with E-state index in [0.717, 1.165) is 0 Å². The number of fused-ring (bicyclic) bond motifs is 1. The van der Waals surface area contributed by atoms with E-state index in [-0.39, 0.29) is 5.96 Å². The molecule has 3 rings (SSSR count).